The Balaban J connectivity index is 1.73. The van der Waals surface area contributed by atoms with Crippen molar-refractivity contribution in [3.05, 3.63) is 52.5 Å². The molecule has 0 unspecified atom stereocenters. The van der Waals surface area contributed by atoms with Crippen LogP contribution in [0.15, 0.2) is 35.6 Å². The summed E-state index contributed by atoms with van der Waals surface area (Å²) < 4.78 is 1.99. The van der Waals surface area contributed by atoms with Crippen LogP contribution in [0, 0.1) is 6.92 Å². The monoisotopic (exact) mass is 274 g/mol. The zero-order valence-electron chi connectivity index (χ0n) is 11.4. The number of aryl methyl sites for hydroxylation is 2. The minimum absolute atomic E-state index is 0.158. The lowest BCUT2D eigenvalue weighted by Gasteiger charge is -2.05. The number of aromatic amines is 1. The maximum absolute atomic E-state index is 11.8. The van der Waals surface area contributed by atoms with Crippen LogP contribution in [0.3, 0.4) is 0 Å². The molecule has 6 nitrogen and oxygen atoms in total. The molecule has 0 fully saturated rings. The molecule has 2 aromatic rings. The second-order valence-electron chi connectivity index (χ2n) is 4.65. The largest absolute Gasteiger partial charge is 0.352 e. The van der Waals surface area contributed by atoms with E-state index in [0.29, 0.717) is 6.54 Å². The Labute approximate surface area is 116 Å². The van der Waals surface area contributed by atoms with Crippen molar-refractivity contribution in [3.8, 4) is 0 Å². The van der Waals surface area contributed by atoms with Crippen LogP contribution in [0.1, 0.15) is 28.9 Å². The summed E-state index contributed by atoms with van der Waals surface area (Å²) in [6.45, 7) is 3.21. The topological polar surface area (TPSA) is 79.8 Å². The van der Waals surface area contributed by atoms with Gasteiger partial charge in [0.2, 0.25) is 0 Å². The van der Waals surface area contributed by atoms with Crippen LogP contribution in [0.4, 0.5) is 0 Å². The molecule has 6 heteroatoms. The number of H-pyrrole nitrogens is 1. The summed E-state index contributed by atoms with van der Waals surface area (Å²) in [6, 6.07) is 3.27. The molecule has 1 amide bonds. The fourth-order valence-electron chi connectivity index (χ4n) is 1.89. The lowest BCUT2D eigenvalue weighted by atomic mass is 10.2. The first-order chi connectivity index (χ1) is 9.66. The Hall–Kier alpha value is -2.37. The SMILES string of the molecule is Cc1ccc(C(=O)NCCCCn2ccnc2)c(=O)[nH]1. The van der Waals surface area contributed by atoms with Gasteiger partial charge in [-0.1, -0.05) is 0 Å². The third kappa shape index (κ3) is 3.81. The Kier molecular flexibility index (Phi) is 4.70. The van der Waals surface area contributed by atoms with Crippen molar-refractivity contribution >= 4 is 5.91 Å². The van der Waals surface area contributed by atoms with E-state index >= 15 is 0 Å². The molecule has 0 bridgehead atoms. The molecule has 0 aliphatic carbocycles. The highest BCUT2D eigenvalue weighted by molar-refractivity contribution is 5.93. The third-order valence-corrected chi connectivity index (χ3v) is 2.99. The normalized spacial score (nSPS) is 10.4. The van der Waals surface area contributed by atoms with Crippen LogP contribution in [-0.2, 0) is 6.54 Å². The predicted octanol–water partition coefficient (Wildman–Crippen LogP) is 1.09. The van der Waals surface area contributed by atoms with Crippen molar-refractivity contribution in [1.29, 1.82) is 0 Å². The number of aromatic nitrogens is 3. The zero-order valence-corrected chi connectivity index (χ0v) is 11.4. The number of rotatable bonds is 6. The predicted molar refractivity (Wildman–Crippen MR) is 75.6 cm³/mol. The highest BCUT2D eigenvalue weighted by Gasteiger charge is 2.09. The number of hydrogen-bond acceptors (Lipinski definition) is 3. The van der Waals surface area contributed by atoms with Crippen molar-refractivity contribution in [2.24, 2.45) is 0 Å². The van der Waals surface area contributed by atoms with Gasteiger partial charge in [0.25, 0.3) is 11.5 Å². The van der Waals surface area contributed by atoms with Crippen molar-refractivity contribution < 1.29 is 4.79 Å². The molecule has 0 atom stereocenters. The van der Waals surface area contributed by atoms with Gasteiger partial charge >= 0.3 is 0 Å². The minimum Gasteiger partial charge on any atom is -0.352 e. The number of unbranched alkanes of at least 4 members (excludes halogenated alkanes) is 1. The van der Waals surface area contributed by atoms with Crippen molar-refractivity contribution in [2.45, 2.75) is 26.3 Å². The molecule has 0 aliphatic heterocycles. The third-order valence-electron chi connectivity index (χ3n) is 2.99. The molecule has 0 saturated heterocycles. The summed E-state index contributed by atoms with van der Waals surface area (Å²) in [5, 5.41) is 2.76. The number of carbonyl (C=O) groups is 1. The molecule has 0 radical (unpaired) electrons. The van der Waals surface area contributed by atoms with E-state index in [1.54, 1.807) is 31.6 Å². The van der Waals surface area contributed by atoms with Crippen molar-refractivity contribution in [1.82, 2.24) is 19.9 Å². The van der Waals surface area contributed by atoms with E-state index in [9.17, 15) is 9.59 Å². The standard InChI is InChI=1S/C14H18N4O2/c1-11-4-5-12(14(20)17-11)13(19)16-6-2-3-8-18-9-7-15-10-18/h4-5,7,9-10H,2-3,6,8H2,1H3,(H,16,19)(H,17,20). The molecule has 20 heavy (non-hydrogen) atoms. The summed E-state index contributed by atoms with van der Waals surface area (Å²) in [5.74, 6) is -0.325. The van der Waals surface area contributed by atoms with Gasteiger partial charge < -0.3 is 14.9 Å². The minimum atomic E-state index is -0.346. The Bertz CT molecular complexity index is 616. The second kappa shape index (κ2) is 6.70. The van der Waals surface area contributed by atoms with E-state index in [2.05, 4.69) is 15.3 Å². The summed E-state index contributed by atoms with van der Waals surface area (Å²) in [6.07, 6.45) is 7.22. The fourth-order valence-corrected chi connectivity index (χ4v) is 1.89. The molecule has 0 spiro atoms. The van der Waals surface area contributed by atoms with E-state index in [4.69, 9.17) is 0 Å². The Morgan fingerprint density at radius 1 is 1.40 bits per heavy atom. The van der Waals surface area contributed by atoms with E-state index in [1.165, 1.54) is 0 Å². The molecule has 2 N–H and O–H groups in total. The lowest BCUT2D eigenvalue weighted by molar-refractivity contribution is 0.0951. The van der Waals surface area contributed by atoms with Crippen molar-refractivity contribution in [2.75, 3.05) is 6.54 Å². The second-order valence-corrected chi connectivity index (χ2v) is 4.65. The first-order valence-corrected chi connectivity index (χ1v) is 6.60. The van der Waals surface area contributed by atoms with E-state index in [1.807, 2.05) is 10.8 Å². The van der Waals surface area contributed by atoms with Crippen LogP contribution in [-0.4, -0.2) is 27.0 Å². The summed E-state index contributed by atoms with van der Waals surface area (Å²) in [4.78, 5) is 30.0. The maximum Gasteiger partial charge on any atom is 0.260 e. The maximum atomic E-state index is 11.8. The van der Waals surface area contributed by atoms with Gasteiger partial charge in [0.15, 0.2) is 0 Å². The smallest absolute Gasteiger partial charge is 0.260 e. The number of carbonyl (C=O) groups excluding carboxylic acids is 1. The first-order valence-electron chi connectivity index (χ1n) is 6.60. The summed E-state index contributed by atoms with van der Waals surface area (Å²) >= 11 is 0. The van der Waals surface area contributed by atoms with Gasteiger partial charge in [-0.2, -0.15) is 0 Å². The van der Waals surface area contributed by atoms with E-state index in [0.717, 1.165) is 25.1 Å². The fraction of sp³-hybridized carbons (Fsp3) is 0.357. The molecule has 106 valence electrons. The molecular weight excluding hydrogens is 256 g/mol. The number of amides is 1. The lowest BCUT2D eigenvalue weighted by Crippen LogP contribution is -2.30. The van der Waals surface area contributed by atoms with E-state index < -0.39 is 0 Å². The summed E-state index contributed by atoms with van der Waals surface area (Å²) in [5.41, 5.74) is 0.554. The highest BCUT2D eigenvalue weighted by atomic mass is 16.2. The number of imidazole rings is 1. The van der Waals surface area contributed by atoms with Gasteiger partial charge in [0, 0.05) is 31.2 Å². The number of pyridine rings is 1. The molecular formula is C14H18N4O2. The zero-order chi connectivity index (χ0) is 14.4. The molecule has 0 saturated carbocycles. The molecule has 2 rings (SSSR count). The molecule has 2 aromatic heterocycles. The van der Waals surface area contributed by atoms with Crippen LogP contribution >= 0.6 is 0 Å². The van der Waals surface area contributed by atoms with Crippen LogP contribution in [0.5, 0.6) is 0 Å². The highest BCUT2D eigenvalue weighted by Crippen LogP contribution is 1.96. The van der Waals surface area contributed by atoms with Gasteiger partial charge in [-0.15, -0.1) is 0 Å². The van der Waals surface area contributed by atoms with Crippen LogP contribution in [0.25, 0.3) is 0 Å². The Morgan fingerprint density at radius 2 is 2.25 bits per heavy atom. The number of hydrogen-bond donors (Lipinski definition) is 2. The Morgan fingerprint density at radius 3 is 2.95 bits per heavy atom. The van der Waals surface area contributed by atoms with Crippen molar-refractivity contribution in [3.63, 3.8) is 0 Å². The molecule has 0 aliphatic rings. The van der Waals surface area contributed by atoms with Gasteiger partial charge in [0.1, 0.15) is 5.56 Å². The average Bonchev–Trinajstić information content (AvgIpc) is 2.91. The molecule has 0 aromatic carbocycles. The van der Waals surface area contributed by atoms with Crippen LogP contribution < -0.4 is 10.9 Å². The van der Waals surface area contributed by atoms with Crippen LogP contribution in [0.2, 0.25) is 0 Å². The molecule has 2 heterocycles. The van der Waals surface area contributed by atoms with Gasteiger partial charge in [0.05, 0.1) is 6.33 Å². The average molecular weight is 274 g/mol. The van der Waals surface area contributed by atoms with Gasteiger partial charge in [-0.25, -0.2) is 4.98 Å². The van der Waals surface area contributed by atoms with Gasteiger partial charge in [-0.05, 0) is 31.9 Å². The number of nitrogens with zero attached hydrogens (tertiary/aromatic N) is 2. The quantitative estimate of drug-likeness (QED) is 0.774. The summed E-state index contributed by atoms with van der Waals surface area (Å²) in [7, 11) is 0. The first kappa shape index (κ1) is 14.0. The van der Waals surface area contributed by atoms with E-state index in [-0.39, 0.29) is 17.0 Å². The van der Waals surface area contributed by atoms with Gasteiger partial charge in [-0.3, -0.25) is 9.59 Å². The number of nitrogens with one attached hydrogen (secondary N) is 2.